The summed E-state index contributed by atoms with van der Waals surface area (Å²) in [5, 5.41) is 15.2. The van der Waals surface area contributed by atoms with Crippen LogP contribution in [0.1, 0.15) is 17.2 Å². The lowest BCUT2D eigenvalue weighted by Gasteiger charge is -2.28. The van der Waals surface area contributed by atoms with Crippen LogP contribution in [0.4, 0.5) is 4.79 Å². The molecule has 25 heavy (non-hydrogen) atoms. The van der Waals surface area contributed by atoms with Crippen molar-refractivity contribution < 1.29 is 19.4 Å². The summed E-state index contributed by atoms with van der Waals surface area (Å²) in [6.45, 7) is 0.203. The summed E-state index contributed by atoms with van der Waals surface area (Å²) in [7, 11) is 1.61. The molecule has 0 fully saturated rings. The Balaban J connectivity index is 1.60. The molecule has 1 aliphatic heterocycles. The predicted molar refractivity (Wildman–Crippen MR) is 93.9 cm³/mol. The average Bonchev–Trinajstić information content (AvgIpc) is 2.66. The van der Waals surface area contributed by atoms with Gasteiger partial charge in [-0.1, -0.05) is 42.5 Å². The van der Waals surface area contributed by atoms with E-state index in [0.717, 1.165) is 16.9 Å². The van der Waals surface area contributed by atoms with Gasteiger partial charge in [0.05, 0.1) is 25.8 Å². The van der Waals surface area contributed by atoms with Crippen LogP contribution in [-0.4, -0.2) is 37.5 Å². The minimum atomic E-state index is -0.446. The molecule has 1 heterocycles. The van der Waals surface area contributed by atoms with Crippen LogP contribution in [0.2, 0.25) is 0 Å². The molecule has 132 valence electrons. The van der Waals surface area contributed by atoms with Crippen molar-refractivity contribution in [3.05, 3.63) is 59.7 Å². The third-order valence-corrected chi connectivity index (χ3v) is 4.20. The van der Waals surface area contributed by atoms with Gasteiger partial charge in [-0.3, -0.25) is 0 Å². The highest BCUT2D eigenvalue weighted by Crippen LogP contribution is 2.34. The molecule has 1 aliphatic rings. The molecular formula is C19H22N2O4. The summed E-state index contributed by atoms with van der Waals surface area (Å²) in [6, 6.07) is 14.2. The van der Waals surface area contributed by atoms with Gasteiger partial charge in [-0.05, 0) is 18.1 Å². The van der Waals surface area contributed by atoms with E-state index >= 15 is 0 Å². The van der Waals surface area contributed by atoms with Gasteiger partial charge in [0.25, 0.3) is 0 Å². The summed E-state index contributed by atoms with van der Waals surface area (Å²) in [5.74, 6) is 1.44. The fraction of sp³-hybridized carbons (Fsp3) is 0.316. The van der Waals surface area contributed by atoms with Crippen molar-refractivity contribution >= 4 is 6.03 Å². The molecule has 0 radical (unpaired) electrons. The number of ether oxygens (including phenoxy) is 2. The molecule has 3 rings (SSSR count). The van der Waals surface area contributed by atoms with Crippen molar-refractivity contribution in [3.8, 4) is 11.5 Å². The molecule has 6 nitrogen and oxygen atoms in total. The first-order valence-corrected chi connectivity index (χ1v) is 8.22. The largest absolute Gasteiger partial charge is 0.493 e. The van der Waals surface area contributed by atoms with E-state index in [-0.39, 0.29) is 18.7 Å². The minimum absolute atomic E-state index is 0.144. The Morgan fingerprint density at radius 2 is 2.08 bits per heavy atom. The Labute approximate surface area is 146 Å². The van der Waals surface area contributed by atoms with Crippen LogP contribution in [-0.2, 0) is 6.42 Å². The number of hydrogen-bond acceptors (Lipinski definition) is 4. The third kappa shape index (κ3) is 4.03. The molecular weight excluding hydrogens is 320 g/mol. The maximum absolute atomic E-state index is 12.3. The number of nitrogens with one attached hydrogen (secondary N) is 2. The number of urea groups is 1. The molecule has 0 unspecified atom stereocenters. The Bertz CT molecular complexity index is 721. The first kappa shape index (κ1) is 17.1. The van der Waals surface area contributed by atoms with E-state index in [1.54, 1.807) is 7.11 Å². The zero-order valence-corrected chi connectivity index (χ0v) is 14.1. The van der Waals surface area contributed by atoms with Crippen LogP contribution in [0.15, 0.2) is 48.5 Å². The van der Waals surface area contributed by atoms with Gasteiger partial charge in [-0.25, -0.2) is 4.79 Å². The molecule has 3 N–H and O–H groups in total. The highest BCUT2D eigenvalue weighted by atomic mass is 16.5. The van der Waals surface area contributed by atoms with Crippen molar-refractivity contribution in [2.75, 3.05) is 20.3 Å². The number of aliphatic hydroxyl groups is 1. The van der Waals surface area contributed by atoms with Gasteiger partial charge in [0, 0.05) is 5.56 Å². The van der Waals surface area contributed by atoms with Gasteiger partial charge in [0.1, 0.15) is 6.61 Å². The van der Waals surface area contributed by atoms with E-state index in [0.29, 0.717) is 18.8 Å². The van der Waals surface area contributed by atoms with Crippen LogP contribution in [0.25, 0.3) is 0 Å². The lowest BCUT2D eigenvalue weighted by Crippen LogP contribution is -2.48. The third-order valence-electron chi connectivity index (χ3n) is 4.20. The minimum Gasteiger partial charge on any atom is -0.493 e. The van der Waals surface area contributed by atoms with Crippen molar-refractivity contribution in [2.24, 2.45) is 0 Å². The standard InChI is InChI=1S/C19H22N2O4/c1-24-17-9-5-8-14-10-15(12-25-18(14)17)20-19(23)21-16(11-22)13-6-3-2-4-7-13/h2-9,15-16,22H,10-12H2,1H3,(H2,20,21,23)/t15-,16+/m0/s1. The van der Waals surface area contributed by atoms with Crippen LogP contribution in [0, 0.1) is 0 Å². The SMILES string of the molecule is COc1cccc2c1OC[C@@H](NC(=O)N[C@H](CO)c1ccccc1)C2. The van der Waals surface area contributed by atoms with Crippen molar-refractivity contribution in [1.29, 1.82) is 0 Å². The van der Waals surface area contributed by atoms with Crippen LogP contribution in [0.3, 0.4) is 0 Å². The monoisotopic (exact) mass is 342 g/mol. The zero-order valence-electron chi connectivity index (χ0n) is 14.1. The van der Waals surface area contributed by atoms with E-state index in [9.17, 15) is 9.90 Å². The van der Waals surface area contributed by atoms with E-state index in [1.165, 1.54) is 0 Å². The van der Waals surface area contributed by atoms with Gasteiger partial charge >= 0.3 is 6.03 Å². The van der Waals surface area contributed by atoms with Gasteiger partial charge in [-0.15, -0.1) is 0 Å². The van der Waals surface area contributed by atoms with E-state index in [1.807, 2.05) is 48.5 Å². The zero-order chi connectivity index (χ0) is 17.6. The van der Waals surface area contributed by atoms with Crippen molar-refractivity contribution in [1.82, 2.24) is 10.6 Å². The Morgan fingerprint density at radius 3 is 2.80 bits per heavy atom. The lowest BCUT2D eigenvalue weighted by atomic mass is 10.0. The van der Waals surface area contributed by atoms with Crippen molar-refractivity contribution in [3.63, 3.8) is 0 Å². The predicted octanol–water partition coefficient (Wildman–Crippen LogP) is 2.03. The number of methoxy groups -OCH3 is 1. The van der Waals surface area contributed by atoms with Crippen LogP contribution in [0.5, 0.6) is 11.5 Å². The Kier molecular flexibility index (Phi) is 5.40. The summed E-state index contributed by atoms with van der Waals surface area (Å²) in [6.07, 6.45) is 0.662. The normalized spacial score (nSPS) is 17.0. The van der Waals surface area contributed by atoms with Crippen molar-refractivity contribution in [2.45, 2.75) is 18.5 Å². The van der Waals surface area contributed by atoms with Crippen LogP contribution >= 0.6 is 0 Å². The maximum atomic E-state index is 12.3. The van der Waals surface area contributed by atoms with Crippen LogP contribution < -0.4 is 20.1 Å². The second kappa shape index (κ2) is 7.90. The molecule has 0 aliphatic carbocycles. The number of amides is 2. The van der Waals surface area contributed by atoms with E-state index in [2.05, 4.69) is 10.6 Å². The van der Waals surface area contributed by atoms with E-state index in [4.69, 9.17) is 9.47 Å². The second-order valence-electron chi connectivity index (χ2n) is 5.92. The molecule has 0 saturated carbocycles. The summed E-state index contributed by atoms with van der Waals surface area (Å²) in [5.41, 5.74) is 1.85. The molecule has 0 spiro atoms. The number of rotatable bonds is 5. The topological polar surface area (TPSA) is 79.8 Å². The average molecular weight is 342 g/mol. The molecule has 0 saturated heterocycles. The highest BCUT2D eigenvalue weighted by Gasteiger charge is 2.24. The molecule has 2 aromatic carbocycles. The van der Waals surface area contributed by atoms with Gasteiger partial charge in [0.2, 0.25) is 0 Å². The molecule has 0 bridgehead atoms. The number of fused-ring (bicyclic) bond motifs is 1. The van der Waals surface area contributed by atoms with Gasteiger partial charge in [-0.2, -0.15) is 0 Å². The fourth-order valence-corrected chi connectivity index (χ4v) is 2.95. The Morgan fingerprint density at radius 1 is 1.28 bits per heavy atom. The molecule has 2 atom stereocenters. The quantitative estimate of drug-likeness (QED) is 0.777. The number of aliphatic hydroxyl groups excluding tert-OH is 1. The molecule has 2 amide bonds. The lowest BCUT2D eigenvalue weighted by molar-refractivity contribution is 0.198. The first-order chi connectivity index (χ1) is 12.2. The molecule has 2 aromatic rings. The summed E-state index contributed by atoms with van der Waals surface area (Å²) >= 11 is 0. The number of hydrogen-bond donors (Lipinski definition) is 3. The maximum Gasteiger partial charge on any atom is 0.315 e. The van der Waals surface area contributed by atoms with Gasteiger partial charge in [0.15, 0.2) is 11.5 Å². The Hall–Kier alpha value is -2.73. The first-order valence-electron chi connectivity index (χ1n) is 8.22. The smallest absolute Gasteiger partial charge is 0.315 e. The molecule has 6 heteroatoms. The number of carbonyl (C=O) groups is 1. The second-order valence-corrected chi connectivity index (χ2v) is 5.92. The highest BCUT2D eigenvalue weighted by molar-refractivity contribution is 5.75. The number of benzene rings is 2. The van der Waals surface area contributed by atoms with E-state index < -0.39 is 6.04 Å². The summed E-state index contributed by atoms with van der Waals surface area (Å²) in [4.78, 5) is 12.3. The number of carbonyl (C=O) groups excluding carboxylic acids is 1. The molecule has 0 aromatic heterocycles. The summed E-state index contributed by atoms with van der Waals surface area (Å²) < 4.78 is 11.1. The van der Waals surface area contributed by atoms with Gasteiger partial charge < -0.3 is 25.2 Å². The number of para-hydroxylation sites is 1. The fourth-order valence-electron chi connectivity index (χ4n) is 2.95.